The number of aromatic nitrogens is 1. The van der Waals surface area contributed by atoms with E-state index >= 15 is 0 Å². The Kier molecular flexibility index (Phi) is 7.02. The van der Waals surface area contributed by atoms with Crippen LogP contribution in [0.1, 0.15) is 69.2 Å². The molecule has 37 heavy (non-hydrogen) atoms. The fourth-order valence-corrected chi connectivity index (χ4v) is 5.67. The van der Waals surface area contributed by atoms with E-state index in [2.05, 4.69) is 26.0 Å². The molecule has 3 aromatic rings. The molecule has 0 fully saturated rings. The highest BCUT2D eigenvalue weighted by Crippen LogP contribution is 2.38. The van der Waals surface area contributed by atoms with E-state index in [1.165, 1.54) is 16.9 Å². The number of thiazole rings is 1. The molecule has 8 heteroatoms. The molecule has 2 aromatic carbocycles. The molecule has 2 aliphatic rings. The summed E-state index contributed by atoms with van der Waals surface area (Å²) in [4.78, 5) is 32.5. The summed E-state index contributed by atoms with van der Waals surface area (Å²) in [7, 11) is 0. The number of allylic oxidation sites excluding steroid dienone is 1. The lowest BCUT2D eigenvalue weighted by atomic mass is 9.94. The largest absolute Gasteiger partial charge is 0.463 e. The van der Waals surface area contributed by atoms with Crippen molar-refractivity contribution in [1.82, 2.24) is 4.57 Å². The molecule has 0 amide bonds. The van der Waals surface area contributed by atoms with Crippen molar-refractivity contribution in [2.75, 3.05) is 13.4 Å². The minimum Gasteiger partial charge on any atom is -0.463 e. The van der Waals surface area contributed by atoms with E-state index in [1.807, 2.05) is 43.3 Å². The molecule has 3 heterocycles. The number of benzene rings is 2. The Hall–Kier alpha value is -3.65. The molecule has 0 saturated carbocycles. The summed E-state index contributed by atoms with van der Waals surface area (Å²) >= 11 is 1.33. The van der Waals surface area contributed by atoms with E-state index in [0.29, 0.717) is 44.4 Å². The van der Waals surface area contributed by atoms with E-state index in [-0.39, 0.29) is 19.0 Å². The van der Waals surface area contributed by atoms with Crippen LogP contribution in [-0.2, 0) is 9.53 Å². The normalized spacial score (nSPS) is 16.7. The maximum Gasteiger partial charge on any atom is 0.338 e. The van der Waals surface area contributed by atoms with Gasteiger partial charge in [-0.05, 0) is 54.2 Å². The molecule has 1 unspecified atom stereocenters. The molecular formula is C29H30N2O5S. The van der Waals surface area contributed by atoms with Crippen molar-refractivity contribution in [3.05, 3.63) is 90.1 Å². The second kappa shape index (κ2) is 10.4. The average Bonchev–Trinajstić information content (AvgIpc) is 3.47. The molecule has 0 aliphatic carbocycles. The number of hydrogen-bond donors (Lipinski definition) is 0. The lowest BCUT2D eigenvalue weighted by molar-refractivity contribution is -0.139. The predicted molar refractivity (Wildman–Crippen MR) is 143 cm³/mol. The van der Waals surface area contributed by atoms with Crippen molar-refractivity contribution >= 4 is 23.4 Å². The highest BCUT2D eigenvalue weighted by Gasteiger charge is 2.35. The van der Waals surface area contributed by atoms with Crippen molar-refractivity contribution in [3.63, 3.8) is 0 Å². The summed E-state index contributed by atoms with van der Waals surface area (Å²) < 4.78 is 18.7. The highest BCUT2D eigenvalue weighted by molar-refractivity contribution is 7.07. The van der Waals surface area contributed by atoms with E-state index in [0.717, 1.165) is 17.5 Å². The van der Waals surface area contributed by atoms with Gasteiger partial charge in [-0.3, -0.25) is 9.36 Å². The van der Waals surface area contributed by atoms with Crippen LogP contribution in [0.15, 0.2) is 63.5 Å². The van der Waals surface area contributed by atoms with Gasteiger partial charge in [-0.1, -0.05) is 68.9 Å². The van der Waals surface area contributed by atoms with Gasteiger partial charge >= 0.3 is 5.97 Å². The molecule has 0 radical (unpaired) electrons. The Labute approximate surface area is 219 Å². The summed E-state index contributed by atoms with van der Waals surface area (Å²) in [6.45, 7) is 8.48. The zero-order valence-corrected chi connectivity index (χ0v) is 22.3. The minimum absolute atomic E-state index is 0.138. The van der Waals surface area contributed by atoms with Crippen LogP contribution in [0.3, 0.4) is 0 Å². The number of esters is 1. The smallest absolute Gasteiger partial charge is 0.338 e. The second-order valence-corrected chi connectivity index (χ2v) is 10.4. The standard InChI is InChI=1S/C29H30N2O5S/c1-5-7-21-25(28(33)34-6-2)26(20-12-13-22-23(15-20)36-16-35-22)31-27(32)24(37-29(31)30-21)14-18-8-10-19(11-9-18)17(3)4/h8-15,17,26H,5-7,16H2,1-4H3/b24-14-. The first kappa shape index (κ1) is 25.0. The van der Waals surface area contributed by atoms with Gasteiger partial charge in [-0.2, -0.15) is 0 Å². The maximum absolute atomic E-state index is 13.9. The Morgan fingerprint density at radius 2 is 1.92 bits per heavy atom. The van der Waals surface area contributed by atoms with Gasteiger partial charge in [0.2, 0.25) is 6.79 Å². The Morgan fingerprint density at radius 3 is 2.62 bits per heavy atom. The Bertz CT molecular complexity index is 1550. The van der Waals surface area contributed by atoms with E-state index in [9.17, 15) is 9.59 Å². The number of ether oxygens (including phenoxy) is 3. The van der Waals surface area contributed by atoms with Crippen molar-refractivity contribution < 1.29 is 19.0 Å². The van der Waals surface area contributed by atoms with Crippen LogP contribution in [-0.4, -0.2) is 23.9 Å². The second-order valence-electron chi connectivity index (χ2n) is 9.35. The van der Waals surface area contributed by atoms with Crippen LogP contribution in [0.25, 0.3) is 6.08 Å². The SMILES string of the molecule is CCCC1=C(C(=O)OCC)C(c2ccc3c(c2)OCO3)n2c(s/c(=C\c3ccc(C(C)C)cc3)c2=O)=N1. The number of carbonyl (C=O) groups excluding carboxylic acids is 1. The number of nitrogens with zero attached hydrogens (tertiary/aromatic N) is 2. The average molecular weight is 519 g/mol. The third-order valence-electron chi connectivity index (χ3n) is 6.51. The van der Waals surface area contributed by atoms with Gasteiger partial charge in [0.05, 0.1) is 28.5 Å². The molecule has 0 N–H and O–H groups in total. The molecule has 0 bridgehead atoms. The predicted octanol–water partition coefficient (Wildman–Crippen LogP) is 4.43. The fourth-order valence-electron chi connectivity index (χ4n) is 4.65. The first-order chi connectivity index (χ1) is 17.9. The molecule has 2 aliphatic heterocycles. The molecule has 5 rings (SSSR count). The third-order valence-corrected chi connectivity index (χ3v) is 7.49. The minimum atomic E-state index is -0.684. The van der Waals surface area contributed by atoms with Gasteiger partial charge < -0.3 is 14.2 Å². The van der Waals surface area contributed by atoms with Crippen molar-refractivity contribution in [1.29, 1.82) is 0 Å². The molecule has 1 aromatic heterocycles. The van der Waals surface area contributed by atoms with Gasteiger partial charge in [0, 0.05) is 0 Å². The number of carbonyl (C=O) groups is 1. The van der Waals surface area contributed by atoms with E-state index in [1.54, 1.807) is 11.5 Å². The first-order valence-electron chi connectivity index (χ1n) is 12.6. The summed E-state index contributed by atoms with van der Waals surface area (Å²) in [5.74, 6) is 1.19. The van der Waals surface area contributed by atoms with Gasteiger partial charge in [0.1, 0.15) is 0 Å². The lowest BCUT2D eigenvalue weighted by Crippen LogP contribution is -2.40. The lowest BCUT2D eigenvalue weighted by Gasteiger charge is -2.25. The van der Waals surface area contributed by atoms with E-state index in [4.69, 9.17) is 19.2 Å². The zero-order valence-electron chi connectivity index (χ0n) is 21.4. The van der Waals surface area contributed by atoms with Crippen LogP contribution in [0.5, 0.6) is 11.5 Å². The van der Waals surface area contributed by atoms with Crippen LogP contribution in [0.4, 0.5) is 0 Å². The zero-order chi connectivity index (χ0) is 26.1. The quantitative estimate of drug-likeness (QED) is 0.433. The molecule has 0 spiro atoms. The van der Waals surface area contributed by atoms with E-state index < -0.39 is 12.0 Å². The number of fused-ring (bicyclic) bond motifs is 2. The highest BCUT2D eigenvalue weighted by atomic mass is 32.1. The molecule has 1 atom stereocenters. The third kappa shape index (κ3) is 4.73. The Balaban J connectivity index is 1.71. The van der Waals surface area contributed by atoms with Gasteiger partial charge in [-0.25, -0.2) is 9.79 Å². The summed E-state index contributed by atoms with van der Waals surface area (Å²) in [6.07, 6.45) is 3.28. The van der Waals surface area contributed by atoms with Crippen LogP contribution in [0, 0.1) is 0 Å². The molecule has 0 saturated heterocycles. The van der Waals surface area contributed by atoms with Crippen LogP contribution in [0.2, 0.25) is 0 Å². The monoisotopic (exact) mass is 518 g/mol. The first-order valence-corrected chi connectivity index (χ1v) is 13.4. The summed E-state index contributed by atoms with van der Waals surface area (Å²) in [5, 5.41) is 0. The fraction of sp³-hybridized carbons (Fsp3) is 0.345. The topological polar surface area (TPSA) is 79.1 Å². The van der Waals surface area contributed by atoms with Crippen molar-refractivity contribution in [2.24, 2.45) is 4.99 Å². The number of rotatable bonds is 7. The Morgan fingerprint density at radius 1 is 1.16 bits per heavy atom. The summed E-state index contributed by atoms with van der Waals surface area (Å²) in [6, 6.07) is 13.0. The van der Waals surface area contributed by atoms with Crippen LogP contribution < -0.4 is 24.4 Å². The summed E-state index contributed by atoms with van der Waals surface area (Å²) in [5.41, 5.74) is 3.76. The van der Waals surface area contributed by atoms with Gasteiger partial charge in [0.15, 0.2) is 16.3 Å². The van der Waals surface area contributed by atoms with Crippen molar-refractivity contribution in [3.8, 4) is 11.5 Å². The molecule has 192 valence electrons. The molecular weight excluding hydrogens is 488 g/mol. The maximum atomic E-state index is 13.9. The van der Waals surface area contributed by atoms with Crippen LogP contribution >= 0.6 is 11.3 Å². The van der Waals surface area contributed by atoms with Gasteiger partial charge in [-0.15, -0.1) is 0 Å². The molecule has 7 nitrogen and oxygen atoms in total. The van der Waals surface area contributed by atoms with Gasteiger partial charge in [0.25, 0.3) is 5.56 Å². The number of hydrogen-bond acceptors (Lipinski definition) is 7. The van der Waals surface area contributed by atoms with Crippen molar-refractivity contribution in [2.45, 2.75) is 52.5 Å².